The second kappa shape index (κ2) is 5.77. The summed E-state index contributed by atoms with van der Waals surface area (Å²) >= 11 is 5.50. The quantitative estimate of drug-likeness (QED) is 0.860. The van der Waals surface area contributed by atoms with E-state index in [9.17, 15) is 12.8 Å². The van der Waals surface area contributed by atoms with Gasteiger partial charge < -0.3 is 5.11 Å². The van der Waals surface area contributed by atoms with E-state index in [4.69, 9.17) is 16.7 Å². The average molecular weight is 282 g/mol. The van der Waals surface area contributed by atoms with Crippen LogP contribution in [0.1, 0.15) is 13.3 Å². The van der Waals surface area contributed by atoms with Gasteiger partial charge in [0.25, 0.3) is 0 Å². The van der Waals surface area contributed by atoms with Crippen molar-refractivity contribution in [3.8, 4) is 0 Å². The highest BCUT2D eigenvalue weighted by atomic mass is 35.5. The molecule has 0 heterocycles. The number of benzene rings is 1. The van der Waals surface area contributed by atoms with E-state index in [2.05, 4.69) is 4.72 Å². The summed E-state index contributed by atoms with van der Waals surface area (Å²) in [6.45, 7) is 1.57. The number of halogens is 2. The summed E-state index contributed by atoms with van der Waals surface area (Å²) in [7, 11) is -3.93. The first-order chi connectivity index (χ1) is 7.84. The summed E-state index contributed by atoms with van der Waals surface area (Å²) in [5, 5.41) is 8.74. The molecule has 17 heavy (non-hydrogen) atoms. The number of sulfonamides is 1. The lowest BCUT2D eigenvalue weighted by Crippen LogP contribution is -2.27. The third kappa shape index (κ3) is 3.92. The Bertz CT molecular complexity index is 490. The van der Waals surface area contributed by atoms with E-state index in [-0.39, 0.29) is 18.0 Å². The molecule has 7 heteroatoms. The fourth-order valence-electron chi connectivity index (χ4n) is 1.17. The van der Waals surface area contributed by atoms with Crippen LogP contribution >= 0.6 is 11.6 Å². The van der Waals surface area contributed by atoms with Crippen LogP contribution in [0.25, 0.3) is 0 Å². The Morgan fingerprint density at radius 2 is 2.18 bits per heavy atom. The fourth-order valence-corrected chi connectivity index (χ4v) is 2.55. The Hall–Kier alpha value is -0.690. The highest BCUT2D eigenvalue weighted by molar-refractivity contribution is 7.89. The minimum atomic E-state index is -3.93. The van der Waals surface area contributed by atoms with E-state index >= 15 is 0 Å². The van der Waals surface area contributed by atoms with Gasteiger partial charge in [-0.3, -0.25) is 0 Å². The molecule has 0 bridgehead atoms. The second-order valence-corrected chi connectivity index (χ2v) is 5.73. The first-order valence-corrected chi connectivity index (χ1v) is 6.82. The Morgan fingerprint density at radius 3 is 2.76 bits per heavy atom. The molecule has 0 radical (unpaired) electrons. The molecule has 1 unspecified atom stereocenters. The van der Waals surface area contributed by atoms with Crippen molar-refractivity contribution in [1.29, 1.82) is 0 Å². The first-order valence-electron chi connectivity index (χ1n) is 4.96. The highest BCUT2D eigenvalue weighted by Crippen LogP contribution is 2.21. The maximum absolute atomic E-state index is 13.5. The van der Waals surface area contributed by atoms with Gasteiger partial charge in [0.15, 0.2) is 5.82 Å². The first kappa shape index (κ1) is 14.4. The fraction of sp³-hybridized carbons (Fsp3) is 0.400. The molecular weight excluding hydrogens is 269 g/mol. The van der Waals surface area contributed by atoms with Crippen molar-refractivity contribution in [2.24, 2.45) is 0 Å². The highest BCUT2D eigenvalue weighted by Gasteiger charge is 2.20. The lowest BCUT2D eigenvalue weighted by atomic mass is 10.3. The topological polar surface area (TPSA) is 66.4 Å². The van der Waals surface area contributed by atoms with E-state index in [1.165, 1.54) is 19.1 Å². The van der Waals surface area contributed by atoms with Gasteiger partial charge in [0, 0.05) is 6.54 Å². The number of hydrogen-bond donors (Lipinski definition) is 2. The molecule has 1 aromatic rings. The smallest absolute Gasteiger partial charge is 0.243 e. The molecule has 0 aliphatic rings. The third-order valence-electron chi connectivity index (χ3n) is 2.06. The van der Waals surface area contributed by atoms with Gasteiger partial charge in [0.1, 0.15) is 4.90 Å². The van der Waals surface area contributed by atoms with Gasteiger partial charge in [-0.15, -0.1) is 0 Å². The van der Waals surface area contributed by atoms with Gasteiger partial charge >= 0.3 is 0 Å². The van der Waals surface area contributed by atoms with Crippen LogP contribution in [0.4, 0.5) is 4.39 Å². The number of aliphatic hydroxyl groups is 1. The molecule has 0 saturated heterocycles. The zero-order valence-electron chi connectivity index (χ0n) is 9.15. The molecule has 0 amide bonds. The van der Waals surface area contributed by atoms with Crippen LogP contribution in [-0.2, 0) is 10.0 Å². The third-order valence-corrected chi connectivity index (χ3v) is 3.83. The minimum absolute atomic E-state index is 0.0337. The van der Waals surface area contributed by atoms with E-state index in [1.807, 2.05) is 0 Å². The SMILES string of the molecule is CC(O)CCNS(=O)(=O)c1cccc(Cl)c1F. The van der Waals surface area contributed by atoms with Crippen molar-refractivity contribution in [3.63, 3.8) is 0 Å². The van der Waals surface area contributed by atoms with Crippen LogP contribution in [0, 0.1) is 5.82 Å². The van der Waals surface area contributed by atoms with Gasteiger partial charge in [-0.1, -0.05) is 17.7 Å². The van der Waals surface area contributed by atoms with Crippen molar-refractivity contribution < 1.29 is 17.9 Å². The van der Waals surface area contributed by atoms with Gasteiger partial charge in [-0.25, -0.2) is 17.5 Å². The van der Waals surface area contributed by atoms with Gasteiger partial charge in [0.2, 0.25) is 10.0 Å². The summed E-state index contributed by atoms with van der Waals surface area (Å²) in [5.41, 5.74) is 0. The number of hydrogen-bond acceptors (Lipinski definition) is 3. The molecule has 0 aliphatic heterocycles. The molecule has 1 rings (SSSR count). The van der Waals surface area contributed by atoms with Crippen LogP contribution in [0.15, 0.2) is 23.1 Å². The maximum Gasteiger partial charge on any atom is 0.243 e. The molecule has 0 aromatic heterocycles. The second-order valence-electron chi connectivity index (χ2n) is 3.59. The lowest BCUT2D eigenvalue weighted by Gasteiger charge is -2.09. The zero-order chi connectivity index (χ0) is 13.1. The van der Waals surface area contributed by atoms with Crippen LogP contribution in [0.3, 0.4) is 0 Å². The summed E-state index contributed by atoms with van der Waals surface area (Å²) in [6, 6.07) is 3.76. The monoisotopic (exact) mass is 281 g/mol. The molecule has 4 nitrogen and oxygen atoms in total. The van der Waals surface area contributed by atoms with Crippen molar-refractivity contribution >= 4 is 21.6 Å². The number of nitrogens with one attached hydrogen (secondary N) is 1. The van der Waals surface area contributed by atoms with E-state index in [1.54, 1.807) is 0 Å². The normalized spacial score (nSPS) is 13.6. The molecule has 1 aromatic carbocycles. The van der Waals surface area contributed by atoms with E-state index in [0.717, 1.165) is 6.07 Å². The Labute approximate surface area is 104 Å². The van der Waals surface area contributed by atoms with Crippen LogP contribution in [0.5, 0.6) is 0 Å². The summed E-state index contributed by atoms with van der Waals surface area (Å²) in [6.07, 6.45) is -0.372. The van der Waals surface area contributed by atoms with E-state index < -0.39 is 26.8 Å². The van der Waals surface area contributed by atoms with Crippen molar-refractivity contribution in [1.82, 2.24) is 4.72 Å². The lowest BCUT2D eigenvalue weighted by molar-refractivity contribution is 0.186. The molecule has 2 N–H and O–H groups in total. The van der Waals surface area contributed by atoms with Crippen molar-refractivity contribution in [2.75, 3.05) is 6.54 Å². The average Bonchev–Trinajstić information content (AvgIpc) is 2.21. The summed E-state index contributed by atoms with van der Waals surface area (Å²) in [4.78, 5) is -0.490. The molecule has 1 atom stereocenters. The maximum atomic E-state index is 13.5. The molecule has 0 aliphatic carbocycles. The van der Waals surface area contributed by atoms with Crippen LogP contribution < -0.4 is 4.72 Å². The Balaban J connectivity index is 2.87. The van der Waals surface area contributed by atoms with Gasteiger partial charge in [-0.2, -0.15) is 0 Å². The van der Waals surface area contributed by atoms with Crippen LogP contribution in [0.2, 0.25) is 5.02 Å². The minimum Gasteiger partial charge on any atom is -0.393 e. The zero-order valence-corrected chi connectivity index (χ0v) is 10.7. The predicted octanol–water partition coefficient (Wildman–Crippen LogP) is 1.53. The van der Waals surface area contributed by atoms with Crippen molar-refractivity contribution in [3.05, 3.63) is 29.0 Å². The van der Waals surface area contributed by atoms with Gasteiger partial charge in [0.05, 0.1) is 11.1 Å². The molecule has 96 valence electrons. The number of rotatable bonds is 5. The van der Waals surface area contributed by atoms with Crippen LogP contribution in [-0.4, -0.2) is 26.2 Å². The molecule has 0 spiro atoms. The molecular formula is C10H13ClFNO3S. The summed E-state index contributed by atoms with van der Waals surface area (Å²) < 4.78 is 39.1. The van der Waals surface area contributed by atoms with Crippen molar-refractivity contribution in [2.45, 2.75) is 24.3 Å². The summed E-state index contributed by atoms with van der Waals surface area (Å²) in [5.74, 6) is -0.973. The molecule has 0 saturated carbocycles. The Morgan fingerprint density at radius 1 is 1.53 bits per heavy atom. The van der Waals surface area contributed by atoms with E-state index in [0.29, 0.717) is 0 Å². The standard InChI is InChI=1S/C10H13ClFNO3S/c1-7(14)5-6-13-17(15,16)9-4-2-3-8(11)10(9)12/h2-4,7,13-14H,5-6H2,1H3. The van der Waals surface area contributed by atoms with Gasteiger partial charge in [-0.05, 0) is 25.5 Å². The Kier molecular flexibility index (Phi) is 4.88. The molecule has 0 fully saturated rings. The largest absolute Gasteiger partial charge is 0.393 e. The predicted molar refractivity (Wildman–Crippen MR) is 62.9 cm³/mol. The number of aliphatic hydroxyl groups excluding tert-OH is 1.